The van der Waals surface area contributed by atoms with Crippen molar-refractivity contribution in [2.45, 2.75) is 71.6 Å². The number of quaternary nitrogens is 1. The molecule has 0 spiro atoms. The fourth-order valence-electron chi connectivity index (χ4n) is 8.44. The molecule has 1 N–H and O–H groups in total. The number of hydrogen-bond acceptors (Lipinski definition) is 0. The molecule has 1 aliphatic carbocycles. The molecule has 1 heterocycles. The maximum absolute atomic E-state index is 4.26. The first-order valence-corrected chi connectivity index (χ1v) is 20.6. The van der Waals surface area contributed by atoms with Gasteiger partial charge in [0.15, 0.2) is 0 Å². The topological polar surface area (TPSA) is 7.45 Å². The van der Waals surface area contributed by atoms with Crippen LogP contribution in [-0.4, -0.2) is 10.8 Å². The van der Waals surface area contributed by atoms with E-state index in [1.54, 1.807) is 0 Å². The minimum atomic E-state index is 0.106. The Morgan fingerprint density at radius 3 is 1.31 bits per heavy atom. The Balaban J connectivity index is 0.000000648. The second-order valence-corrected chi connectivity index (χ2v) is 14.6. The molecule has 4 heteroatoms. The Labute approximate surface area is 336 Å². The molecular formula is C50H52ClN2Ni. The number of aryl methyl sites for hydroxylation is 4. The van der Waals surface area contributed by atoms with Gasteiger partial charge < -0.3 is 9.48 Å². The van der Waals surface area contributed by atoms with E-state index in [9.17, 15) is 0 Å². The number of nitrogens with zero attached hydrogens (tertiary/aromatic N) is 1. The molecule has 2 aliphatic rings. The van der Waals surface area contributed by atoms with Crippen LogP contribution in [0.1, 0.15) is 99.6 Å². The van der Waals surface area contributed by atoms with Gasteiger partial charge in [0.05, 0.1) is 0 Å². The van der Waals surface area contributed by atoms with Crippen molar-refractivity contribution in [1.82, 2.24) is 0 Å². The van der Waals surface area contributed by atoms with Crippen LogP contribution in [0, 0.1) is 40.9 Å². The monoisotopic (exact) mass is 773 g/mol. The summed E-state index contributed by atoms with van der Waals surface area (Å²) < 4.78 is 2.36. The zero-order valence-corrected chi connectivity index (χ0v) is 33.7. The van der Waals surface area contributed by atoms with E-state index in [0.29, 0.717) is 0 Å². The molecule has 0 bridgehead atoms. The van der Waals surface area contributed by atoms with E-state index in [-0.39, 0.29) is 11.8 Å². The Bertz CT molecular complexity index is 2020. The molecule has 1 saturated carbocycles. The molecule has 0 saturated heterocycles. The molecule has 0 aromatic heterocycles. The third-order valence-electron chi connectivity index (χ3n) is 10.6. The van der Waals surface area contributed by atoms with E-state index < -0.39 is 0 Å². The van der Waals surface area contributed by atoms with E-state index in [1.807, 2.05) is 0 Å². The minimum absolute atomic E-state index is 0.106. The van der Waals surface area contributed by atoms with Crippen LogP contribution in [0.3, 0.4) is 0 Å². The molecular weight excluding hydrogens is 723 g/mol. The Morgan fingerprint density at radius 1 is 0.519 bits per heavy atom. The number of nitrogens with one attached hydrogen (secondary N) is 1. The first-order valence-electron chi connectivity index (χ1n) is 19.2. The molecule has 2 nitrogen and oxygen atoms in total. The van der Waals surface area contributed by atoms with Crippen LogP contribution in [0.25, 0.3) is 0 Å². The van der Waals surface area contributed by atoms with Gasteiger partial charge in [0.2, 0.25) is 6.67 Å². The van der Waals surface area contributed by atoms with Crippen molar-refractivity contribution >= 4 is 27.8 Å². The molecule has 279 valence electrons. The van der Waals surface area contributed by atoms with E-state index in [1.165, 1.54) is 104 Å². The van der Waals surface area contributed by atoms with Gasteiger partial charge in [-0.25, -0.2) is 0 Å². The SMILES string of the molecule is C1CCCC1.Cc1cc(C)c([N+]2=C[CH-][NH+](c3c(C)cc(C)cc3C(c3ccccc3)c3ccccc3)[CH-]2)c(C(c2ccccc2)c2ccccc2)c1.[Cl][Ni]. The van der Waals surface area contributed by atoms with Gasteiger partial charge in [-0.1, -0.05) is 183 Å². The molecule has 0 amide bonds. The third kappa shape index (κ3) is 9.22. The number of halogens is 1. The summed E-state index contributed by atoms with van der Waals surface area (Å²) in [5.74, 6) is 0.223. The first kappa shape index (κ1) is 39.2. The van der Waals surface area contributed by atoms with Crippen molar-refractivity contribution in [3.8, 4) is 0 Å². The van der Waals surface area contributed by atoms with Crippen molar-refractivity contribution in [1.29, 1.82) is 0 Å². The van der Waals surface area contributed by atoms with Crippen LogP contribution in [-0.2, 0) is 14.6 Å². The molecule has 54 heavy (non-hydrogen) atoms. The van der Waals surface area contributed by atoms with E-state index in [0.717, 1.165) is 0 Å². The maximum atomic E-state index is 4.26. The van der Waals surface area contributed by atoms with Gasteiger partial charge in [-0.15, -0.1) is 0 Å². The van der Waals surface area contributed by atoms with Crippen LogP contribution in [0.5, 0.6) is 0 Å². The summed E-state index contributed by atoms with van der Waals surface area (Å²) in [7, 11) is 4.26. The van der Waals surface area contributed by atoms with Crippen molar-refractivity contribution in [3.63, 3.8) is 0 Å². The van der Waals surface area contributed by atoms with Gasteiger partial charge in [-0.05, 0) is 73.4 Å². The van der Waals surface area contributed by atoms with Crippen LogP contribution < -0.4 is 4.90 Å². The van der Waals surface area contributed by atoms with Gasteiger partial charge in [0, 0.05) is 23.0 Å². The van der Waals surface area contributed by atoms with Gasteiger partial charge in [-0.3, -0.25) is 0 Å². The summed E-state index contributed by atoms with van der Waals surface area (Å²) in [5, 5.41) is 0. The molecule has 1 fully saturated rings. The second-order valence-electron chi connectivity index (χ2n) is 14.6. The predicted octanol–water partition coefficient (Wildman–Crippen LogP) is 12.1. The summed E-state index contributed by atoms with van der Waals surface area (Å²) in [6, 6.07) is 53.2. The fraction of sp³-hybridized carbons (Fsp3) is 0.220. The molecule has 0 radical (unpaired) electrons. The zero-order chi connectivity index (χ0) is 37.9. The predicted molar refractivity (Wildman–Crippen MR) is 224 cm³/mol. The zero-order valence-electron chi connectivity index (χ0n) is 31.9. The van der Waals surface area contributed by atoms with Gasteiger partial charge in [-0.2, -0.15) is 6.54 Å². The van der Waals surface area contributed by atoms with Crippen molar-refractivity contribution in [2.75, 3.05) is 0 Å². The number of benzene rings is 6. The van der Waals surface area contributed by atoms with Gasteiger partial charge in [0.1, 0.15) is 11.4 Å². The van der Waals surface area contributed by atoms with Crippen LogP contribution in [0.15, 0.2) is 146 Å². The molecule has 1 atom stereocenters. The van der Waals surface area contributed by atoms with Crippen molar-refractivity contribution < 1.29 is 24.0 Å². The van der Waals surface area contributed by atoms with E-state index >= 15 is 0 Å². The molecule has 1 aliphatic heterocycles. The van der Waals surface area contributed by atoms with Crippen molar-refractivity contribution in [2.24, 2.45) is 0 Å². The molecule has 6 aromatic carbocycles. The second kappa shape index (κ2) is 19.2. The average Bonchev–Trinajstić information content (AvgIpc) is 3.94. The molecule has 1 unspecified atom stereocenters. The summed E-state index contributed by atoms with van der Waals surface area (Å²) in [6.45, 7) is 13.6. The van der Waals surface area contributed by atoms with Crippen molar-refractivity contribution in [3.05, 3.63) is 214 Å². The summed E-state index contributed by atoms with van der Waals surface area (Å²) in [6.07, 6.45) is 9.76. The van der Waals surface area contributed by atoms with Gasteiger partial charge >= 0.3 is 24.8 Å². The summed E-state index contributed by atoms with van der Waals surface area (Å²) in [4.78, 5) is 1.23. The molecule has 6 aromatic rings. The van der Waals surface area contributed by atoms with E-state index in [2.05, 4.69) is 222 Å². The van der Waals surface area contributed by atoms with Crippen LogP contribution in [0.2, 0.25) is 0 Å². The average molecular weight is 775 g/mol. The van der Waals surface area contributed by atoms with Gasteiger partial charge in [0.25, 0.3) is 0 Å². The Hall–Kier alpha value is -4.53. The quantitative estimate of drug-likeness (QED) is 0.0682. The Kier molecular flexibility index (Phi) is 13.9. The summed E-state index contributed by atoms with van der Waals surface area (Å²) >= 11 is 3.35. The fourth-order valence-corrected chi connectivity index (χ4v) is 8.44. The molecule has 8 rings (SSSR count). The summed E-state index contributed by atoms with van der Waals surface area (Å²) in [5.41, 5.74) is 15.5. The first-order chi connectivity index (χ1) is 26.5. The Morgan fingerprint density at radius 2 is 0.889 bits per heavy atom. The number of hydrogen-bond donors (Lipinski definition) is 1. The normalized spacial score (nSPS) is 14.7. The third-order valence-corrected chi connectivity index (χ3v) is 10.6. The van der Waals surface area contributed by atoms with Crippen LogP contribution >= 0.6 is 10.2 Å². The van der Waals surface area contributed by atoms with E-state index in [4.69, 9.17) is 0 Å². The standard InChI is InChI=1S/C45H42N2.C5H10.ClH.Ni/c1-32-27-34(3)44(40(29-32)42(36-17-9-5-10-18-36)37-19-11-6-12-20-37)46-25-26-47(31-46)45-35(4)28-33(2)30-41(45)43(38-21-13-7-14-22-38)39-23-15-8-16-24-39;1-2-4-5-3-1;;/h5-31,42-43,46H,1-4H3;1-5H2;1H;/q;;;+1/p-1. The number of rotatable bonds is 8. The van der Waals surface area contributed by atoms with Crippen LogP contribution in [0.4, 0.5) is 11.4 Å².